The Kier molecular flexibility index (Phi) is 6.07. The number of rotatable bonds is 7. The van der Waals surface area contributed by atoms with Crippen molar-refractivity contribution in [1.29, 1.82) is 0 Å². The van der Waals surface area contributed by atoms with Gasteiger partial charge in [-0.25, -0.2) is 4.68 Å². The molecule has 0 aliphatic rings. The molecule has 0 aliphatic carbocycles. The molecular weight excluding hydrogens is 378 g/mol. The Morgan fingerprint density at radius 3 is 2.17 bits per heavy atom. The highest BCUT2D eigenvalue weighted by Gasteiger charge is 2.23. The van der Waals surface area contributed by atoms with E-state index in [1.807, 2.05) is 102 Å². The average Bonchev–Trinajstić information content (AvgIpc) is 3.20. The number of amides is 1. The van der Waals surface area contributed by atoms with Crippen LogP contribution in [-0.2, 0) is 11.3 Å². The van der Waals surface area contributed by atoms with Crippen molar-refractivity contribution in [2.45, 2.75) is 16.7 Å². The Morgan fingerprint density at radius 2 is 1.48 bits per heavy atom. The molecule has 0 spiro atoms. The van der Waals surface area contributed by atoms with Gasteiger partial charge in [0.1, 0.15) is 11.1 Å². The first-order valence-electron chi connectivity index (χ1n) is 9.43. The highest BCUT2D eigenvalue weighted by molar-refractivity contribution is 8.00. The number of carbonyl (C=O) groups excluding carboxylic acids is 1. The van der Waals surface area contributed by atoms with Crippen LogP contribution in [0.1, 0.15) is 16.4 Å². The Bertz CT molecular complexity index is 1050. The van der Waals surface area contributed by atoms with Crippen molar-refractivity contribution in [1.82, 2.24) is 9.78 Å². The summed E-state index contributed by atoms with van der Waals surface area (Å²) in [7, 11) is 0. The van der Waals surface area contributed by atoms with Crippen LogP contribution in [-0.4, -0.2) is 15.7 Å². The fraction of sp³-hybridized carbons (Fsp3) is 0.0833. The molecule has 1 atom stereocenters. The van der Waals surface area contributed by atoms with Crippen molar-refractivity contribution < 1.29 is 4.79 Å². The second-order valence-electron chi connectivity index (χ2n) is 6.57. The monoisotopic (exact) mass is 399 g/mol. The number of hydrogen-bond donors (Lipinski definition) is 1. The minimum atomic E-state index is -0.362. The van der Waals surface area contributed by atoms with Gasteiger partial charge in [0.2, 0.25) is 5.91 Å². The molecule has 144 valence electrons. The summed E-state index contributed by atoms with van der Waals surface area (Å²) in [6, 6.07) is 31.7. The summed E-state index contributed by atoms with van der Waals surface area (Å²) in [5.41, 5.74) is 2.10. The molecule has 0 saturated carbocycles. The maximum Gasteiger partial charge on any atom is 0.243 e. The van der Waals surface area contributed by atoms with Gasteiger partial charge in [0.15, 0.2) is 0 Å². The largest absolute Gasteiger partial charge is 0.310 e. The number of hydrogen-bond acceptors (Lipinski definition) is 3. The summed E-state index contributed by atoms with van der Waals surface area (Å²) in [5, 5.41) is 7.08. The molecule has 0 aliphatic heterocycles. The van der Waals surface area contributed by atoms with Gasteiger partial charge in [-0.3, -0.25) is 4.79 Å². The highest BCUT2D eigenvalue weighted by Crippen LogP contribution is 2.36. The van der Waals surface area contributed by atoms with Crippen molar-refractivity contribution in [3.05, 3.63) is 114 Å². The third kappa shape index (κ3) is 4.95. The van der Waals surface area contributed by atoms with Gasteiger partial charge >= 0.3 is 0 Å². The van der Waals surface area contributed by atoms with Crippen LogP contribution in [0.3, 0.4) is 0 Å². The standard InChI is InChI=1S/C24H21N3OS/c28-24(26-22-16-17-25-27(22)18-19-10-4-1-5-11-19)23(20-12-6-2-7-13-20)29-21-14-8-3-9-15-21/h1-17,23H,18H2,(H,26,28). The lowest BCUT2D eigenvalue weighted by Crippen LogP contribution is -2.21. The topological polar surface area (TPSA) is 46.9 Å². The number of carbonyl (C=O) groups is 1. The summed E-state index contributed by atoms with van der Waals surface area (Å²) in [6.07, 6.45) is 1.71. The number of nitrogens with zero attached hydrogens (tertiary/aromatic N) is 2. The molecule has 1 heterocycles. The number of anilines is 1. The SMILES string of the molecule is O=C(Nc1ccnn1Cc1ccccc1)C(Sc1ccccc1)c1ccccc1. The maximum atomic E-state index is 13.2. The first-order valence-corrected chi connectivity index (χ1v) is 10.3. The second-order valence-corrected chi connectivity index (χ2v) is 7.75. The van der Waals surface area contributed by atoms with E-state index in [4.69, 9.17) is 0 Å². The molecule has 3 aromatic carbocycles. The quantitative estimate of drug-likeness (QED) is 0.423. The Morgan fingerprint density at radius 1 is 0.862 bits per heavy atom. The zero-order chi connectivity index (χ0) is 19.9. The van der Waals surface area contributed by atoms with E-state index in [9.17, 15) is 4.79 Å². The molecule has 1 aromatic heterocycles. The summed E-state index contributed by atoms with van der Waals surface area (Å²) in [5.74, 6) is 0.619. The fourth-order valence-electron chi connectivity index (χ4n) is 3.05. The van der Waals surface area contributed by atoms with E-state index in [2.05, 4.69) is 10.4 Å². The summed E-state index contributed by atoms with van der Waals surface area (Å²) in [6.45, 7) is 0.602. The molecule has 5 heteroatoms. The van der Waals surface area contributed by atoms with Crippen LogP contribution in [0.25, 0.3) is 0 Å². The van der Waals surface area contributed by atoms with Gasteiger partial charge in [-0.05, 0) is 23.3 Å². The Labute approximate surface area is 174 Å². The summed E-state index contributed by atoms with van der Waals surface area (Å²) >= 11 is 1.54. The van der Waals surface area contributed by atoms with E-state index < -0.39 is 0 Å². The summed E-state index contributed by atoms with van der Waals surface area (Å²) in [4.78, 5) is 14.3. The van der Waals surface area contributed by atoms with Gasteiger partial charge in [0, 0.05) is 11.0 Å². The van der Waals surface area contributed by atoms with Gasteiger partial charge in [-0.15, -0.1) is 11.8 Å². The maximum absolute atomic E-state index is 13.2. The van der Waals surface area contributed by atoms with Crippen LogP contribution in [0, 0.1) is 0 Å². The Balaban J connectivity index is 1.55. The minimum absolute atomic E-state index is 0.0696. The van der Waals surface area contributed by atoms with Crippen LogP contribution in [0.4, 0.5) is 5.82 Å². The molecule has 0 radical (unpaired) electrons. The lowest BCUT2D eigenvalue weighted by atomic mass is 10.1. The number of benzene rings is 3. The normalized spacial score (nSPS) is 11.7. The lowest BCUT2D eigenvalue weighted by molar-refractivity contribution is -0.115. The molecule has 0 saturated heterocycles. The minimum Gasteiger partial charge on any atom is -0.310 e. The van der Waals surface area contributed by atoms with E-state index in [1.54, 1.807) is 6.20 Å². The fourth-order valence-corrected chi connectivity index (χ4v) is 4.09. The predicted octanol–water partition coefficient (Wildman–Crippen LogP) is 5.40. The zero-order valence-corrected chi connectivity index (χ0v) is 16.6. The van der Waals surface area contributed by atoms with Crippen LogP contribution in [0.2, 0.25) is 0 Å². The second kappa shape index (κ2) is 9.26. The van der Waals surface area contributed by atoms with Gasteiger partial charge < -0.3 is 5.32 Å². The van der Waals surface area contributed by atoms with Crippen molar-refractivity contribution >= 4 is 23.5 Å². The third-order valence-electron chi connectivity index (χ3n) is 4.48. The van der Waals surface area contributed by atoms with Crippen LogP contribution < -0.4 is 5.32 Å². The molecule has 0 bridgehead atoms. The van der Waals surface area contributed by atoms with E-state index >= 15 is 0 Å². The van der Waals surface area contributed by atoms with Crippen molar-refractivity contribution in [3.63, 3.8) is 0 Å². The predicted molar refractivity (Wildman–Crippen MR) is 118 cm³/mol. The zero-order valence-electron chi connectivity index (χ0n) is 15.8. The van der Waals surface area contributed by atoms with E-state index in [1.165, 1.54) is 11.8 Å². The number of aromatic nitrogens is 2. The molecule has 1 N–H and O–H groups in total. The van der Waals surface area contributed by atoms with Crippen molar-refractivity contribution in [3.8, 4) is 0 Å². The molecule has 1 unspecified atom stereocenters. The van der Waals surface area contributed by atoms with E-state index in [0.29, 0.717) is 12.4 Å². The Hall–Kier alpha value is -3.31. The van der Waals surface area contributed by atoms with Crippen LogP contribution in [0.5, 0.6) is 0 Å². The average molecular weight is 400 g/mol. The first kappa shape index (κ1) is 19.0. The highest BCUT2D eigenvalue weighted by atomic mass is 32.2. The van der Waals surface area contributed by atoms with Crippen molar-refractivity contribution in [2.75, 3.05) is 5.32 Å². The smallest absolute Gasteiger partial charge is 0.243 e. The molecule has 4 aromatic rings. The summed E-state index contributed by atoms with van der Waals surface area (Å²) < 4.78 is 1.81. The molecule has 0 fully saturated rings. The lowest BCUT2D eigenvalue weighted by Gasteiger charge is -2.17. The third-order valence-corrected chi connectivity index (χ3v) is 5.75. The van der Waals surface area contributed by atoms with Crippen molar-refractivity contribution in [2.24, 2.45) is 0 Å². The van der Waals surface area contributed by atoms with Gasteiger partial charge in [-0.1, -0.05) is 78.9 Å². The van der Waals surface area contributed by atoms with E-state index in [-0.39, 0.29) is 11.2 Å². The van der Waals surface area contributed by atoms with Gasteiger partial charge in [-0.2, -0.15) is 5.10 Å². The number of nitrogens with one attached hydrogen (secondary N) is 1. The molecule has 29 heavy (non-hydrogen) atoms. The van der Waals surface area contributed by atoms with Gasteiger partial charge in [0.05, 0.1) is 12.7 Å². The molecule has 1 amide bonds. The van der Waals surface area contributed by atoms with Crippen LogP contribution >= 0.6 is 11.8 Å². The van der Waals surface area contributed by atoms with Gasteiger partial charge in [0.25, 0.3) is 0 Å². The van der Waals surface area contributed by atoms with E-state index in [0.717, 1.165) is 16.0 Å². The number of thioether (sulfide) groups is 1. The molecular formula is C24H21N3OS. The molecule has 4 rings (SSSR count). The first-order chi connectivity index (χ1) is 14.3. The van der Waals surface area contributed by atoms with Crippen LogP contribution in [0.15, 0.2) is 108 Å². The molecule has 4 nitrogen and oxygen atoms in total.